The van der Waals surface area contributed by atoms with Gasteiger partial charge in [0.05, 0.1) is 5.92 Å². The molecule has 0 bridgehead atoms. The molecule has 3 aromatic carbocycles. The summed E-state index contributed by atoms with van der Waals surface area (Å²) in [6.45, 7) is 2.77. The highest BCUT2D eigenvalue weighted by Crippen LogP contribution is 2.33. The molecule has 1 saturated heterocycles. The Hall–Kier alpha value is -4.17. The van der Waals surface area contributed by atoms with Crippen LogP contribution in [-0.4, -0.2) is 39.8 Å². The van der Waals surface area contributed by atoms with Gasteiger partial charge in [-0.1, -0.05) is 59.8 Å². The van der Waals surface area contributed by atoms with E-state index in [1.54, 1.807) is 36.4 Å². The van der Waals surface area contributed by atoms with E-state index in [1.165, 1.54) is 19.1 Å². The number of hydrogen-bond donors (Lipinski definition) is 1. The summed E-state index contributed by atoms with van der Waals surface area (Å²) in [5.41, 5.74) is 2.53. The third kappa shape index (κ3) is 5.65. The van der Waals surface area contributed by atoms with Gasteiger partial charge in [0.25, 0.3) is 0 Å². The van der Waals surface area contributed by atoms with Crippen LogP contribution >= 0.6 is 0 Å². The Morgan fingerprint density at radius 2 is 1.86 bits per heavy atom. The van der Waals surface area contributed by atoms with Crippen molar-refractivity contribution in [3.63, 3.8) is 0 Å². The first-order valence-electron chi connectivity index (χ1n) is 12.3. The molecule has 1 aliphatic heterocycles. The first-order valence-corrected chi connectivity index (χ1v) is 12.3. The number of ketones is 1. The second-order valence-electron chi connectivity index (χ2n) is 9.24. The van der Waals surface area contributed by atoms with Crippen molar-refractivity contribution in [2.45, 2.75) is 31.7 Å². The molecule has 2 atom stereocenters. The standard InChI is InChI=1S/C29H27FN4O3/c1-19(35)21-10-6-14-25(17-21)31-28(36)26(20-8-3-2-4-9-20)34-15-7-12-23(18-34)29-32-27(33-37-29)22-11-5-13-24(30)16-22/h2-6,8-11,13-14,16-17,23,26H,7,12,15,18H2,1H3,(H,31,36). The van der Waals surface area contributed by atoms with Crippen LogP contribution in [0.1, 0.15) is 53.5 Å². The third-order valence-electron chi connectivity index (χ3n) is 6.59. The number of nitrogens with zero attached hydrogens (tertiary/aromatic N) is 3. The van der Waals surface area contributed by atoms with Crippen molar-refractivity contribution < 1.29 is 18.5 Å². The van der Waals surface area contributed by atoms with Gasteiger partial charge in [0, 0.05) is 23.4 Å². The number of aromatic nitrogens is 2. The van der Waals surface area contributed by atoms with Crippen LogP contribution in [0.3, 0.4) is 0 Å². The van der Waals surface area contributed by atoms with Gasteiger partial charge in [0.15, 0.2) is 5.78 Å². The van der Waals surface area contributed by atoms with Gasteiger partial charge in [0.2, 0.25) is 17.6 Å². The van der Waals surface area contributed by atoms with E-state index >= 15 is 0 Å². The van der Waals surface area contributed by atoms with E-state index in [2.05, 4.69) is 20.4 Å². The number of Topliss-reactive ketones (excluding diaryl/α,β-unsaturated/α-hetero) is 1. The highest BCUT2D eigenvalue weighted by molar-refractivity contribution is 5.98. The number of amides is 1. The van der Waals surface area contributed by atoms with Crippen LogP contribution < -0.4 is 5.32 Å². The molecule has 2 unspecified atom stereocenters. The maximum Gasteiger partial charge on any atom is 0.246 e. The molecule has 5 rings (SSSR count). The molecule has 0 spiro atoms. The van der Waals surface area contributed by atoms with Gasteiger partial charge in [0.1, 0.15) is 11.9 Å². The van der Waals surface area contributed by atoms with Crippen molar-refractivity contribution >= 4 is 17.4 Å². The van der Waals surface area contributed by atoms with Gasteiger partial charge in [-0.05, 0) is 56.1 Å². The summed E-state index contributed by atoms with van der Waals surface area (Å²) in [4.78, 5) is 32.1. The number of anilines is 1. The minimum Gasteiger partial charge on any atom is -0.339 e. The van der Waals surface area contributed by atoms with E-state index in [0.717, 1.165) is 24.9 Å². The van der Waals surface area contributed by atoms with E-state index in [1.807, 2.05) is 30.3 Å². The van der Waals surface area contributed by atoms with E-state index < -0.39 is 6.04 Å². The molecule has 0 saturated carbocycles. The van der Waals surface area contributed by atoms with E-state index in [4.69, 9.17) is 4.52 Å². The minimum absolute atomic E-state index is 0.0632. The summed E-state index contributed by atoms with van der Waals surface area (Å²) < 4.78 is 19.2. The van der Waals surface area contributed by atoms with Crippen molar-refractivity contribution in [1.29, 1.82) is 0 Å². The molecule has 1 N–H and O–H groups in total. The second-order valence-corrected chi connectivity index (χ2v) is 9.24. The molecule has 7 nitrogen and oxygen atoms in total. The quantitative estimate of drug-likeness (QED) is 0.332. The zero-order valence-corrected chi connectivity index (χ0v) is 20.4. The number of carbonyl (C=O) groups excluding carboxylic acids is 2. The summed E-state index contributed by atoms with van der Waals surface area (Å²) in [7, 11) is 0. The van der Waals surface area contributed by atoms with E-state index in [0.29, 0.717) is 35.1 Å². The SMILES string of the molecule is CC(=O)c1cccc(NC(=O)C(c2ccccc2)N2CCCC(c3nc(-c4cccc(F)c4)no3)C2)c1. The van der Waals surface area contributed by atoms with Crippen LogP contribution in [0.2, 0.25) is 0 Å². The molecular weight excluding hydrogens is 471 g/mol. The predicted molar refractivity (Wildman–Crippen MR) is 137 cm³/mol. The zero-order chi connectivity index (χ0) is 25.8. The Morgan fingerprint density at radius 3 is 2.65 bits per heavy atom. The zero-order valence-electron chi connectivity index (χ0n) is 20.4. The minimum atomic E-state index is -0.546. The summed E-state index contributed by atoms with van der Waals surface area (Å²) in [5.74, 6) is 0.145. The van der Waals surface area contributed by atoms with Crippen LogP contribution in [0, 0.1) is 5.82 Å². The maximum absolute atomic E-state index is 13.7. The molecule has 1 aromatic heterocycles. The fourth-order valence-corrected chi connectivity index (χ4v) is 4.78. The topological polar surface area (TPSA) is 88.3 Å². The van der Waals surface area contributed by atoms with Crippen LogP contribution in [0.5, 0.6) is 0 Å². The molecule has 2 heterocycles. The van der Waals surface area contributed by atoms with Gasteiger partial charge < -0.3 is 9.84 Å². The van der Waals surface area contributed by atoms with Crippen LogP contribution in [-0.2, 0) is 4.79 Å². The fourth-order valence-electron chi connectivity index (χ4n) is 4.78. The van der Waals surface area contributed by atoms with Crippen molar-refractivity contribution in [3.8, 4) is 11.4 Å². The Balaban J connectivity index is 1.38. The average molecular weight is 499 g/mol. The fraction of sp³-hybridized carbons (Fsp3) is 0.241. The molecule has 188 valence electrons. The lowest BCUT2D eigenvalue weighted by Crippen LogP contribution is -2.42. The molecule has 4 aromatic rings. The number of likely N-dealkylation sites (tertiary alicyclic amines) is 1. The largest absolute Gasteiger partial charge is 0.339 e. The highest BCUT2D eigenvalue weighted by atomic mass is 19.1. The average Bonchev–Trinajstić information content (AvgIpc) is 3.40. The summed E-state index contributed by atoms with van der Waals surface area (Å²) >= 11 is 0. The summed E-state index contributed by atoms with van der Waals surface area (Å²) in [6.07, 6.45) is 1.68. The van der Waals surface area contributed by atoms with Gasteiger partial charge >= 0.3 is 0 Å². The lowest BCUT2D eigenvalue weighted by molar-refractivity contribution is -0.122. The first kappa shape index (κ1) is 24.5. The van der Waals surface area contributed by atoms with E-state index in [9.17, 15) is 14.0 Å². The summed E-state index contributed by atoms with van der Waals surface area (Å²) in [6, 6.07) is 22.1. The Labute approximate surface area is 214 Å². The lowest BCUT2D eigenvalue weighted by atomic mass is 9.94. The number of benzene rings is 3. The maximum atomic E-state index is 13.7. The molecule has 1 amide bonds. The molecule has 1 fully saturated rings. The normalized spacial score (nSPS) is 16.8. The second kappa shape index (κ2) is 10.8. The smallest absolute Gasteiger partial charge is 0.246 e. The summed E-state index contributed by atoms with van der Waals surface area (Å²) in [5, 5.41) is 7.06. The number of nitrogens with one attached hydrogen (secondary N) is 1. The van der Waals surface area contributed by atoms with Crippen LogP contribution in [0.15, 0.2) is 83.4 Å². The van der Waals surface area contributed by atoms with Crippen molar-refractivity contribution in [3.05, 3.63) is 102 Å². The highest BCUT2D eigenvalue weighted by Gasteiger charge is 2.34. The van der Waals surface area contributed by atoms with Crippen molar-refractivity contribution in [1.82, 2.24) is 15.0 Å². The number of carbonyl (C=O) groups is 2. The first-order chi connectivity index (χ1) is 18.0. The molecule has 37 heavy (non-hydrogen) atoms. The molecule has 8 heteroatoms. The predicted octanol–water partition coefficient (Wildman–Crippen LogP) is 5.64. The molecule has 0 radical (unpaired) electrons. The molecular formula is C29H27FN4O3. The van der Waals surface area contributed by atoms with Crippen LogP contribution in [0.4, 0.5) is 10.1 Å². The molecule has 1 aliphatic rings. The number of halogens is 1. The number of hydrogen-bond acceptors (Lipinski definition) is 6. The van der Waals surface area contributed by atoms with Crippen molar-refractivity contribution in [2.24, 2.45) is 0 Å². The van der Waals surface area contributed by atoms with Crippen LogP contribution in [0.25, 0.3) is 11.4 Å². The van der Waals surface area contributed by atoms with E-state index in [-0.39, 0.29) is 23.4 Å². The van der Waals surface area contributed by atoms with Gasteiger partial charge in [-0.25, -0.2) is 4.39 Å². The van der Waals surface area contributed by atoms with Gasteiger partial charge in [-0.15, -0.1) is 0 Å². The van der Waals surface area contributed by atoms with Gasteiger partial charge in [-0.3, -0.25) is 14.5 Å². The molecule has 0 aliphatic carbocycles. The monoisotopic (exact) mass is 498 g/mol. The van der Waals surface area contributed by atoms with Gasteiger partial charge in [-0.2, -0.15) is 4.98 Å². The Bertz CT molecular complexity index is 1410. The Morgan fingerprint density at radius 1 is 1.05 bits per heavy atom. The Kier molecular flexibility index (Phi) is 7.18. The lowest BCUT2D eigenvalue weighted by Gasteiger charge is -2.36. The van der Waals surface area contributed by atoms with Crippen molar-refractivity contribution in [2.75, 3.05) is 18.4 Å². The number of rotatable bonds is 7. The number of piperidine rings is 1. The third-order valence-corrected chi connectivity index (χ3v) is 6.59.